The number of rotatable bonds is 15. The van der Waals surface area contributed by atoms with E-state index in [1.54, 1.807) is 30.6 Å². The maximum absolute atomic E-state index is 14.3. The minimum atomic E-state index is -0.862. The smallest absolute Gasteiger partial charge is 0.254 e. The molecule has 5 aromatic rings. The van der Waals surface area contributed by atoms with Crippen LogP contribution in [0.5, 0.6) is 17.4 Å². The Bertz CT molecular complexity index is 2530. The van der Waals surface area contributed by atoms with Crippen LogP contribution >= 0.6 is 11.3 Å². The number of phenolic OH excluding ortho intramolecular Hbond substituents is 1. The summed E-state index contributed by atoms with van der Waals surface area (Å²) >= 11 is 1.56. The average molecular weight is 935 g/mol. The summed E-state index contributed by atoms with van der Waals surface area (Å²) in [4.78, 5) is 42.6. The van der Waals surface area contributed by atoms with Gasteiger partial charge in [0.25, 0.3) is 5.88 Å². The van der Waals surface area contributed by atoms with E-state index in [1.165, 1.54) is 4.90 Å². The zero-order valence-corrected chi connectivity index (χ0v) is 39.7. The van der Waals surface area contributed by atoms with Crippen LogP contribution in [0.1, 0.15) is 69.0 Å². The fraction of sp³-hybridized carbons (Fsp3) is 0.510. The van der Waals surface area contributed by atoms with Crippen molar-refractivity contribution in [3.63, 3.8) is 0 Å². The Labute approximate surface area is 395 Å². The number of aromatic hydroxyl groups is 1. The van der Waals surface area contributed by atoms with Gasteiger partial charge in [-0.05, 0) is 86.6 Å². The van der Waals surface area contributed by atoms with E-state index in [-0.39, 0.29) is 36.4 Å². The number of piperazine rings is 1. The van der Waals surface area contributed by atoms with Crippen LogP contribution in [0.3, 0.4) is 0 Å². The monoisotopic (exact) mass is 934 g/mol. The third-order valence-electron chi connectivity index (χ3n) is 13.9. The number of hydrogen-bond acceptors (Lipinski definition) is 16. The van der Waals surface area contributed by atoms with Gasteiger partial charge < -0.3 is 44.6 Å². The second-order valence-corrected chi connectivity index (χ2v) is 19.6. The van der Waals surface area contributed by atoms with Crippen molar-refractivity contribution in [2.24, 2.45) is 11.8 Å². The predicted octanol–water partition coefficient (Wildman–Crippen LogP) is 5.56. The molecule has 3 saturated heterocycles. The van der Waals surface area contributed by atoms with Gasteiger partial charge in [-0.25, -0.2) is 4.98 Å². The highest BCUT2D eigenvalue weighted by Crippen LogP contribution is 2.38. The summed E-state index contributed by atoms with van der Waals surface area (Å²) in [6.45, 7) is 15.7. The lowest BCUT2D eigenvalue weighted by Crippen LogP contribution is -2.58. The number of phenols is 1. The molecular weight excluding hydrogens is 873 g/mol. The molecule has 3 fully saturated rings. The number of para-hydroxylation sites is 1. The van der Waals surface area contributed by atoms with Crippen LogP contribution in [0.4, 0.5) is 11.5 Å². The quantitative estimate of drug-likeness (QED) is 0.102. The Hall–Kier alpha value is -5.82. The van der Waals surface area contributed by atoms with Gasteiger partial charge in [-0.1, -0.05) is 38.1 Å². The number of nitrogens with zero attached hydrogens (tertiary/aromatic N) is 8. The maximum Gasteiger partial charge on any atom is 0.254 e. The van der Waals surface area contributed by atoms with Crippen molar-refractivity contribution in [2.75, 3.05) is 82.8 Å². The number of carbonyl (C=O) groups excluding carboxylic acids is 2. The highest BCUT2D eigenvalue weighted by molar-refractivity contribution is 7.13. The third-order valence-corrected chi connectivity index (χ3v) is 14.9. The van der Waals surface area contributed by atoms with Crippen LogP contribution in [-0.4, -0.2) is 148 Å². The zero-order valence-electron chi connectivity index (χ0n) is 38.9. The van der Waals surface area contributed by atoms with Crippen molar-refractivity contribution in [2.45, 2.75) is 77.1 Å². The third kappa shape index (κ3) is 10.1. The van der Waals surface area contributed by atoms with E-state index in [9.17, 15) is 19.8 Å². The number of β-amino-alcohol motifs (C(OH)–C–C–N with tert-alkyl or cyclic N) is 1. The first-order valence-corrected chi connectivity index (χ1v) is 24.4. The minimum absolute atomic E-state index is 0.0399. The number of fused-ring (bicyclic) bond motifs is 3. The van der Waals surface area contributed by atoms with Crippen molar-refractivity contribution in [3.8, 4) is 39.1 Å². The summed E-state index contributed by atoms with van der Waals surface area (Å²) in [5.74, 6) is 1.38. The number of anilines is 2. The SMILES string of the molecule is COc1cc(-c2scnc2C)ccc1[C@H](C)NC(=O)[C@@H]1C[C@@H](O)CN1C(=O)[C@@H](c1cc(OCCN2CCC(CN3CCN4c5cc(-c6ccccc6O)nnc5NC[C@H]4C3)CC2)no1)C(C)C. The molecule has 2 aromatic carbocycles. The molecule has 0 spiro atoms. The topological polar surface area (TPSA) is 195 Å². The molecule has 3 aromatic heterocycles. The van der Waals surface area contributed by atoms with Gasteiger partial charge in [0, 0.05) is 69.4 Å². The fourth-order valence-electron chi connectivity index (χ4n) is 10.3. The number of ether oxygens (including phenoxy) is 2. The zero-order chi connectivity index (χ0) is 46.8. The van der Waals surface area contributed by atoms with Gasteiger partial charge in [-0.15, -0.1) is 21.5 Å². The largest absolute Gasteiger partial charge is 0.507 e. The normalized spacial score (nSPS) is 21.1. The molecule has 4 aliphatic rings. The Morgan fingerprint density at radius 1 is 1.01 bits per heavy atom. The molecule has 7 heterocycles. The van der Waals surface area contributed by atoms with E-state index < -0.39 is 24.1 Å². The summed E-state index contributed by atoms with van der Waals surface area (Å²) in [5, 5.41) is 40.8. The lowest BCUT2D eigenvalue weighted by atomic mass is 9.91. The fourth-order valence-corrected chi connectivity index (χ4v) is 11.1. The van der Waals surface area contributed by atoms with E-state index in [2.05, 4.69) is 45.7 Å². The number of benzene rings is 2. The first kappa shape index (κ1) is 46.3. The first-order valence-electron chi connectivity index (χ1n) is 23.5. The van der Waals surface area contributed by atoms with Crippen molar-refractivity contribution >= 4 is 34.7 Å². The van der Waals surface area contributed by atoms with Crippen LogP contribution in [0.15, 0.2) is 64.6 Å². The number of hydrogen-bond donors (Lipinski definition) is 4. The number of likely N-dealkylation sites (tertiary alicyclic amines) is 2. The highest BCUT2D eigenvalue weighted by Gasteiger charge is 2.44. The Balaban J connectivity index is 0.735. The molecule has 5 atom stereocenters. The molecule has 67 heavy (non-hydrogen) atoms. The summed E-state index contributed by atoms with van der Waals surface area (Å²) < 4.78 is 17.6. The Morgan fingerprint density at radius 3 is 2.60 bits per heavy atom. The van der Waals surface area contributed by atoms with Crippen molar-refractivity contribution in [1.82, 2.24) is 40.4 Å². The number of thiazole rings is 1. The molecule has 2 amide bonds. The summed E-state index contributed by atoms with van der Waals surface area (Å²) in [5.41, 5.74) is 6.93. The maximum atomic E-state index is 14.3. The van der Waals surface area contributed by atoms with Crippen LogP contribution in [0.2, 0.25) is 0 Å². The number of aliphatic hydroxyl groups excluding tert-OH is 1. The van der Waals surface area contributed by atoms with Gasteiger partial charge in [0.1, 0.15) is 30.1 Å². The van der Waals surface area contributed by atoms with E-state index >= 15 is 0 Å². The minimum Gasteiger partial charge on any atom is -0.507 e. The van der Waals surface area contributed by atoms with Gasteiger partial charge in [-0.3, -0.25) is 19.4 Å². The van der Waals surface area contributed by atoms with Crippen molar-refractivity contribution in [3.05, 3.63) is 77.1 Å². The first-order chi connectivity index (χ1) is 32.4. The van der Waals surface area contributed by atoms with Crippen LogP contribution in [0.25, 0.3) is 21.7 Å². The summed E-state index contributed by atoms with van der Waals surface area (Å²) in [6.07, 6.45) is 1.53. The molecule has 4 N–H and O–H groups in total. The molecule has 9 rings (SSSR count). The molecular formula is C49H62N10O7S. The average Bonchev–Trinajstić information content (AvgIpc) is 4.09. The number of piperidine rings is 1. The van der Waals surface area contributed by atoms with Gasteiger partial charge in [0.15, 0.2) is 11.6 Å². The van der Waals surface area contributed by atoms with Gasteiger partial charge in [0.05, 0.1) is 52.8 Å². The molecule has 0 saturated carbocycles. The number of aryl methyl sites for hydroxylation is 1. The van der Waals surface area contributed by atoms with E-state index in [0.717, 1.165) is 98.4 Å². The van der Waals surface area contributed by atoms with E-state index in [1.807, 2.05) is 75.7 Å². The van der Waals surface area contributed by atoms with E-state index in [4.69, 9.17) is 14.0 Å². The summed E-state index contributed by atoms with van der Waals surface area (Å²) in [6, 6.07) is 15.9. The predicted molar refractivity (Wildman–Crippen MR) is 255 cm³/mol. The van der Waals surface area contributed by atoms with Gasteiger partial charge >= 0.3 is 0 Å². The number of aromatic nitrogens is 4. The van der Waals surface area contributed by atoms with Crippen molar-refractivity contribution in [1.29, 1.82) is 0 Å². The molecule has 356 valence electrons. The second-order valence-electron chi connectivity index (χ2n) is 18.7. The molecule has 0 radical (unpaired) electrons. The second kappa shape index (κ2) is 20.2. The van der Waals surface area contributed by atoms with Gasteiger partial charge in [0.2, 0.25) is 11.8 Å². The number of methoxy groups -OCH3 is 1. The molecule has 0 aliphatic carbocycles. The number of carbonyl (C=O) groups is 2. The summed E-state index contributed by atoms with van der Waals surface area (Å²) in [7, 11) is 1.60. The van der Waals surface area contributed by atoms with Crippen LogP contribution in [-0.2, 0) is 9.59 Å². The van der Waals surface area contributed by atoms with Crippen LogP contribution in [0, 0.1) is 18.8 Å². The molecule has 17 nitrogen and oxygen atoms in total. The lowest BCUT2D eigenvalue weighted by molar-refractivity contribution is -0.141. The number of aliphatic hydroxyl groups is 1. The molecule has 4 aliphatic heterocycles. The highest BCUT2D eigenvalue weighted by atomic mass is 32.1. The number of nitrogens with one attached hydrogen (secondary N) is 2. The number of amides is 2. The standard InChI is InChI=1S/C49H62N10O7S/c1-29(2)45(49(63)59-27-35(60)21-40(59)48(62)52-30(3)36-11-10-33(20-42(36)64-5)46-31(4)51-28-67-46)43-23-44(55-66-43)65-19-18-56-14-12-32(13-15-56)25-57-16-17-58-34(26-57)24-50-47-39(58)22-38(53-54-47)37-8-6-7-9-41(37)61/h6-11,20,22-23,28-30,32,34-35,40,45,60-61H,12-19,21,24-27H2,1-5H3,(H,50,54)(H,52,62)/t30-,34-,35+,40-,45+/m0/s1. The van der Waals surface area contributed by atoms with Crippen molar-refractivity contribution < 1.29 is 33.8 Å². The molecule has 0 unspecified atom stereocenters. The van der Waals surface area contributed by atoms with Gasteiger partial charge in [-0.2, -0.15) is 0 Å². The van der Waals surface area contributed by atoms with Crippen LogP contribution < -0.4 is 25.0 Å². The lowest BCUT2D eigenvalue weighted by Gasteiger charge is -2.47. The molecule has 18 heteroatoms. The molecule has 0 bridgehead atoms. The van der Waals surface area contributed by atoms with E-state index in [0.29, 0.717) is 47.2 Å². The Kier molecular flexibility index (Phi) is 13.9. The Morgan fingerprint density at radius 2 is 1.84 bits per heavy atom.